The Morgan fingerprint density at radius 3 is 2.95 bits per heavy atom. The molecule has 0 aliphatic rings. The van der Waals surface area contributed by atoms with E-state index in [1.54, 1.807) is 17.5 Å². The van der Waals surface area contributed by atoms with E-state index in [4.69, 9.17) is 0 Å². The third kappa shape index (κ3) is 3.67. The Labute approximate surface area is 127 Å². The lowest BCUT2D eigenvalue weighted by Gasteiger charge is -2.06. The minimum atomic E-state index is 0.0450. The Kier molecular flexibility index (Phi) is 4.26. The molecule has 0 atom stereocenters. The molecule has 3 aromatic rings. The van der Waals surface area contributed by atoms with Crippen LogP contribution in [0.5, 0.6) is 0 Å². The number of thiophene rings is 1. The van der Waals surface area contributed by atoms with E-state index in [9.17, 15) is 4.79 Å². The highest BCUT2D eigenvalue weighted by atomic mass is 32.1. The van der Waals surface area contributed by atoms with Crippen molar-refractivity contribution in [3.63, 3.8) is 0 Å². The molecule has 4 heteroatoms. The molecule has 0 spiro atoms. The fourth-order valence-electron chi connectivity index (χ4n) is 2.24. The van der Waals surface area contributed by atoms with Crippen molar-refractivity contribution in [2.24, 2.45) is 0 Å². The molecule has 0 saturated heterocycles. The molecule has 3 nitrogen and oxygen atoms in total. The molecule has 3 rings (SSSR count). The maximum Gasteiger partial charge on any atom is 0.224 e. The summed E-state index contributed by atoms with van der Waals surface area (Å²) in [7, 11) is 0. The minimum absolute atomic E-state index is 0.0450. The van der Waals surface area contributed by atoms with E-state index in [-0.39, 0.29) is 5.91 Å². The van der Waals surface area contributed by atoms with E-state index in [2.05, 4.69) is 21.7 Å². The number of hydrogen-bond acceptors (Lipinski definition) is 3. The van der Waals surface area contributed by atoms with Crippen molar-refractivity contribution in [2.75, 3.05) is 5.32 Å². The molecule has 2 aromatic heterocycles. The van der Waals surface area contributed by atoms with Crippen LogP contribution >= 0.6 is 11.3 Å². The predicted octanol–water partition coefficient (Wildman–Crippen LogP) is 4.26. The van der Waals surface area contributed by atoms with Crippen LogP contribution in [0.15, 0.2) is 54.0 Å². The van der Waals surface area contributed by atoms with Gasteiger partial charge in [0.05, 0.1) is 17.4 Å². The zero-order valence-corrected chi connectivity index (χ0v) is 12.4. The van der Waals surface area contributed by atoms with Crippen molar-refractivity contribution in [1.29, 1.82) is 0 Å². The standard InChI is InChI=1S/C17H16N2OS/c20-17(9-3-6-15-7-4-10-21-15)19-14-11-13-5-1-2-8-16(13)18-12-14/h1-2,4-5,7-8,10-12H,3,6,9H2,(H,19,20). The number of amides is 1. The average Bonchev–Trinajstić information content (AvgIpc) is 3.00. The van der Waals surface area contributed by atoms with Crippen LogP contribution in [0.1, 0.15) is 17.7 Å². The maximum atomic E-state index is 11.9. The summed E-state index contributed by atoms with van der Waals surface area (Å²) in [6.45, 7) is 0. The summed E-state index contributed by atoms with van der Waals surface area (Å²) in [5, 5.41) is 6.02. The van der Waals surface area contributed by atoms with Gasteiger partial charge in [0.15, 0.2) is 0 Å². The van der Waals surface area contributed by atoms with Gasteiger partial charge in [0.1, 0.15) is 0 Å². The number of carbonyl (C=O) groups is 1. The monoisotopic (exact) mass is 296 g/mol. The highest BCUT2D eigenvalue weighted by Crippen LogP contribution is 2.17. The summed E-state index contributed by atoms with van der Waals surface area (Å²) < 4.78 is 0. The molecule has 0 bridgehead atoms. The third-order valence-electron chi connectivity index (χ3n) is 3.28. The molecule has 0 saturated carbocycles. The van der Waals surface area contributed by atoms with Crippen LogP contribution in [0, 0.1) is 0 Å². The van der Waals surface area contributed by atoms with Gasteiger partial charge in [-0.15, -0.1) is 11.3 Å². The molecule has 0 aliphatic carbocycles. The molecule has 1 N–H and O–H groups in total. The quantitative estimate of drug-likeness (QED) is 0.764. The number of fused-ring (bicyclic) bond motifs is 1. The molecule has 2 heterocycles. The van der Waals surface area contributed by atoms with Gasteiger partial charge in [-0.3, -0.25) is 9.78 Å². The second-order valence-electron chi connectivity index (χ2n) is 4.90. The van der Waals surface area contributed by atoms with Crippen molar-refractivity contribution in [2.45, 2.75) is 19.3 Å². The summed E-state index contributed by atoms with van der Waals surface area (Å²) in [5.41, 5.74) is 1.70. The molecule has 0 aliphatic heterocycles. The summed E-state index contributed by atoms with van der Waals surface area (Å²) in [6, 6.07) is 14.0. The Morgan fingerprint density at radius 1 is 1.19 bits per heavy atom. The number of pyridine rings is 1. The summed E-state index contributed by atoms with van der Waals surface area (Å²) in [6.07, 6.45) is 4.07. The lowest BCUT2D eigenvalue weighted by Crippen LogP contribution is -2.11. The molecule has 0 unspecified atom stereocenters. The molecule has 21 heavy (non-hydrogen) atoms. The van der Waals surface area contributed by atoms with Crippen LogP contribution in [0.2, 0.25) is 0 Å². The molecule has 0 radical (unpaired) electrons. The van der Waals surface area contributed by atoms with Gasteiger partial charge in [0, 0.05) is 16.7 Å². The SMILES string of the molecule is O=C(CCCc1cccs1)Nc1cnc2ccccc2c1. The van der Waals surface area contributed by atoms with Crippen LogP contribution in [0.4, 0.5) is 5.69 Å². The Hall–Kier alpha value is -2.20. The van der Waals surface area contributed by atoms with E-state index < -0.39 is 0 Å². The normalized spacial score (nSPS) is 10.7. The number of para-hydroxylation sites is 1. The highest BCUT2D eigenvalue weighted by molar-refractivity contribution is 7.09. The summed E-state index contributed by atoms with van der Waals surface area (Å²) in [5.74, 6) is 0.0450. The molecule has 1 amide bonds. The smallest absolute Gasteiger partial charge is 0.224 e. The van der Waals surface area contributed by atoms with Crippen molar-refractivity contribution < 1.29 is 4.79 Å². The minimum Gasteiger partial charge on any atom is -0.325 e. The second kappa shape index (κ2) is 6.50. The van der Waals surface area contributed by atoms with Gasteiger partial charge < -0.3 is 5.32 Å². The Bertz CT molecular complexity index is 737. The highest BCUT2D eigenvalue weighted by Gasteiger charge is 2.04. The van der Waals surface area contributed by atoms with E-state index >= 15 is 0 Å². The molecular weight excluding hydrogens is 280 g/mol. The lowest BCUT2D eigenvalue weighted by molar-refractivity contribution is -0.116. The van der Waals surface area contributed by atoms with Crippen LogP contribution in [-0.2, 0) is 11.2 Å². The number of aryl methyl sites for hydroxylation is 1. The largest absolute Gasteiger partial charge is 0.325 e. The average molecular weight is 296 g/mol. The van der Waals surface area contributed by atoms with Crippen molar-refractivity contribution in [1.82, 2.24) is 4.98 Å². The Balaban J connectivity index is 1.55. The van der Waals surface area contributed by atoms with Gasteiger partial charge in [0.25, 0.3) is 0 Å². The first kappa shape index (κ1) is 13.8. The van der Waals surface area contributed by atoms with Crippen molar-refractivity contribution in [3.05, 3.63) is 58.9 Å². The van der Waals surface area contributed by atoms with Gasteiger partial charge in [-0.2, -0.15) is 0 Å². The number of aromatic nitrogens is 1. The van der Waals surface area contributed by atoms with Gasteiger partial charge in [-0.25, -0.2) is 0 Å². The number of nitrogens with zero attached hydrogens (tertiary/aromatic N) is 1. The van der Waals surface area contributed by atoms with Gasteiger partial charge in [-0.05, 0) is 36.4 Å². The van der Waals surface area contributed by atoms with Crippen LogP contribution < -0.4 is 5.32 Å². The summed E-state index contributed by atoms with van der Waals surface area (Å²) >= 11 is 1.74. The van der Waals surface area contributed by atoms with Gasteiger partial charge in [-0.1, -0.05) is 24.3 Å². The van der Waals surface area contributed by atoms with Crippen LogP contribution in [0.3, 0.4) is 0 Å². The Morgan fingerprint density at radius 2 is 2.10 bits per heavy atom. The maximum absolute atomic E-state index is 11.9. The fourth-order valence-corrected chi connectivity index (χ4v) is 2.99. The van der Waals surface area contributed by atoms with Crippen LogP contribution in [0.25, 0.3) is 10.9 Å². The van der Waals surface area contributed by atoms with E-state index in [0.29, 0.717) is 6.42 Å². The number of carbonyl (C=O) groups excluding carboxylic acids is 1. The van der Waals surface area contributed by atoms with Crippen LogP contribution in [-0.4, -0.2) is 10.9 Å². The number of benzene rings is 1. The summed E-state index contributed by atoms with van der Waals surface area (Å²) in [4.78, 5) is 17.6. The molecular formula is C17H16N2OS. The number of anilines is 1. The topological polar surface area (TPSA) is 42.0 Å². The zero-order valence-electron chi connectivity index (χ0n) is 11.6. The zero-order chi connectivity index (χ0) is 14.5. The first-order chi connectivity index (χ1) is 10.3. The number of rotatable bonds is 5. The predicted molar refractivity (Wildman–Crippen MR) is 87.6 cm³/mol. The third-order valence-corrected chi connectivity index (χ3v) is 4.22. The van der Waals surface area contributed by atoms with Crippen molar-refractivity contribution in [3.8, 4) is 0 Å². The first-order valence-corrected chi connectivity index (χ1v) is 7.86. The molecule has 106 valence electrons. The van der Waals surface area contributed by atoms with Crippen molar-refractivity contribution >= 4 is 33.8 Å². The van der Waals surface area contributed by atoms with Gasteiger partial charge in [0.2, 0.25) is 5.91 Å². The van der Waals surface area contributed by atoms with E-state index in [0.717, 1.165) is 29.4 Å². The first-order valence-electron chi connectivity index (χ1n) is 6.98. The van der Waals surface area contributed by atoms with Gasteiger partial charge >= 0.3 is 0 Å². The number of hydrogen-bond donors (Lipinski definition) is 1. The fraction of sp³-hybridized carbons (Fsp3) is 0.176. The molecule has 1 aromatic carbocycles. The van der Waals surface area contributed by atoms with E-state index in [1.165, 1.54) is 4.88 Å². The number of nitrogens with one attached hydrogen (secondary N) is 1. The lowest BCUT2D eigenvalue weighted by atomic mass is 10.2. The molecule has 0 fully saturated rings. The second-order valence-corrected chi connectivity index (χ2v) is 5.93. The van der Waals surface area contributed by atoms with E-state index in [1.807, 2.05) is 36.4 Å².